The number of benzene rings is 1. The minimum atomic E-state index is 0.822. The van der Waals surface area contributed by atoms with Crippen LogP contribution in [0.3, 0.4) is 0 Å². The predicted molar refractivity (Wildman–Crippen MR) is 42.2 cm³/mol. The summed E-state index contributed by atoms with van der Waals surface area (Å²) in [6, 6.07) is 9.49. The lowest BCUT2D eigenvalue weighted by atomic mass is 10.3. The van der Waals surface area contributed by atoms with Crippen LogP contribution < -0.4 is 5.73 Å². The van der Waals surface area contributed by atoms with Crippen molar-refractivity contribution in [2.24, 2.45) is 0 Å². The maximum atomic E-state index is 5.36. The van der Waals surface area contributed by atoms with Gasteiger partial charge in [0, 0.05) is 5.69 Å². The van der Waals surface area contributed by atoms with Crippen molar-refractivity contribution in [2.45, 2.75) is 13.8 Å². The molecule has 0 bridgehead atoms. The molecule has 0 aliphatic carbocycles. The van der Waals surface area contributed by atoms with Crippen molar-refractivity contribution < 1.29 is 0 Å². The lowest BCUT2D eigenvalue weighted by Gasteiger charge is -1.83. The van der Waals surface area contributed by atoms with Gasteiger partial charge in [-0.1, -0.05) is 32.0 Å². The molecule has 0 saturated heterocycles. The number of para-hydroxylation sites is 1. The fraction of sp³-hybridized carbons (Fsp3) is 0.250. The highest BCUT2D eigenvalue weighted by Crippen LogP contribution is 1.95. The van der Waals surface area contributed by atoms with Gasteiger partial charge in [0.2, 0.25) is 0 Å². The van der Waals surface area contributed by atoms with E-state index in [4.69, 9.17) is 5.73 Å². The second kappa shape index (κ2) is 5.16. The van der Waals surface area contributed by atoms with Crippen LogP contribution in [-0.4, -0.2) is 0 Å². The Bertz CT molecular complexity index is 134. The van der Waals surface area contributed by atoms with Crippen molar-refractivity contribution in [1.29, 1.82) is 0 Å². The fourth-order valence-corrected chi connectivity index (χ4v) is 0.453. The van der Waals surface area contributed by atoms with E-state index in [-0.39, 0.29) is 0 Å². The monoisotopic (exact) mass is 123 g/mol. The normalized spacial score (nSPS) is 7.33. The van der Waals surface area contributed by atoms with Crippen LogP contribution in [0, 0.1) is 0 Å². The van der Waals surface area contributed by atoms with E-state index in [9.17, 15) is 0 Å². The van der Waals surface area contributed by atoms with E-state index in [0.29, 0.717) is 0 Å². The molecule has 0 heterocycles. The Morgan fingerprint density at radius 1 is 1.00 bits per heavy atom. The average Bonchev–Trinajstić information content (AvgIpc) is 1.94. The average molecular weight is 123 g/mol. The first-order valence-corrected chi connectivity index (χ1v) is 3.20. The lowest BCUT2D eigenvalue weighted by Crippen LogP contribution is -1.79. The topological polar surface area (TPSA) is 26.0 Å². The van der Waals surface area contributed by atoms with E-state index < -0.39 is 0 Å². The molecule has 0 spiro atoms. The van der Waals surface area contributed by atoms with Gasteiger partial charge in [0.25, 0.3) is 0 Å². The van der Waals surface area contributed by atoms with Crippen LogP contribution in [0.1, 0.15) is 13.8 Å². The van der Waals surface area contributed by atoms with Gasteiger partial charge in [0.15, 0.2) is 0 Å². The molecule has 1 aromatic rings. The molecule has 1 aromatic carbocycles. The van der Waals surface area contributed by atoms with Gasteiger partial charge in [0.1, 0.15) is 0 Å². The van der Waals surface area contributed by atoms with Crippen molar-refractivity contribution in [2.75, 3.05) is 5.73 Å². The second-order valence-corrected chi connectivity index (χ2v) is 1.41. The molecule has 0 aliphatic rings. The van der Waals surface area contributed by atoms with E-state index >= 15 is 0 Å². The number of anilines is 1. The zero-order valence-corrected chi connectivity index (χ0v) is 5.96. The van der Waals surface area contributed by atoms with Gasteiger partial charge in [-0.05, 0) is 12.1 Å². The molecule has 50 valence electrons. The highest BCUT2D eigenvalue weighted by atomic mass is 14.5. The van der Waals surface area contributed by atoms with Gasteiger partial charge < -0.3 is 5.73 Å². The van der Waals surface area contributed by atoms with Crippen LogP contribution in [0.15, 0.2) is 30.3 Å². The molecule has 2 N–H and O–H groups in total. The van der Waals surface area contributed by atoms with Crippen molar-refractivity contribution in [1.82, 2.24) is 0 Å². The minimum Gasteiger partial charge on any atom is -0.399 e. The fourth-order valence-electron chi connectivity index (χ4n) is 0.453. The Balaban J connectivity index is 0.000000291. The van der Waals surface area contributed by atoms with Crippen LogP contribution in [0.4, 0.5) is 5.69 Å². The van der Waals surface area contributed by atoms with Gasteiger partial charge in [-0.15, -0.1) is 0 Å². The first-order valence-electron chi connectivity index (χ1n) is 3.20. The summed E-state index contributed by atoms with van der Waals surface area (Å²) in [4.78, 5) is 0. The van der Waals surface area contributed by atoms with Gasteiger partial charge in [-0.25, -0.2) is 0 Å². The molecule has 0 atom stereocenters. The Labute approximate surface area is 56.5 Å². The molecule has 0 aromatic heterocycles. The molecule has 0 unspecified atom stereocenters. The summed E-state index contributed by atoms with van der Waals surface area (Å²) in [6.45, 7) is 4.00. The summed E-state index contributed by atoms with van der Waals surface area (Å²) in [5.74, 6) is 0. The molecule has 0 amide bonds. The smallest absolute Gasteiger partial charge is 0.0313 e. The number of rotatable bonds is 0. The Hall–Kier alpha value is -0.980. The van der Waals surface area contributed by atoms with Gasteiger partial charge >= 0.3 is 0 Å². The summed E-state index contributed by atoms with van der Waals surface area (Å²) >= 11 is 0. The summed E-state index contributed by atoms with van der Waals surface area (Å²) in [7, 11) is 0. The third-order valence-electron chi connectivity index (χ3n) is 0.800. The maximum Gasteiger partial charge on any atom is 0.0313 e. The van der Waals surface area contributed by atoms with Crippen molar-refractivity contribution in [3.05, 3.63) is 30.3 Å². The molecular weight excluding hydrogens is 110 g/mol. The van der Waals surface area contributed by atoms with Crippen LogP contribution in [0.25, 0.3) is 0 Å². The highest BCUT2D eigenvalue weighted by molar-refractivity contribution is 5.35. The quantitative estimate of drug-likeness (QED) is 0.526. The summed E-state index contributed by atoms with van der Waals surface area (Å²) in [6.07, 6.45) is 0. The molecule has 0 radical (unpaired) electrons. The SMILES string of the molecule is CC.Nc1ccccc1. The largest absolute Gasteiger partial charge is 0.399 e. The third kappa shape index (κ3) is 3.59. The number of hydrogen-bond acceptors (Lipinski definition) is 1. The molecule has 0 aliphatic heterocycles. The number of hydrogen-bond donors (Lipinski definition) is 1. The minimum absolute atomic E-state index is 0.822. The molecule has 1 rings (SSSR count). The zero-order chi connectivity index (χ0) is 7.11. The number of nitrogen functional groups attached to an aromatic ring is 1. The van der Waals surface area contributed by atoms with Crippen LogP contribution in [0.5, 0.6) is 0 Å². The Morgan fingerprint density at radius 3 is 1.67 bits per heavy atom. The van der Waals surface area contributed by atoms with E-state index in [1.807, 2.05) is 44.2 Å². The van der Waals surface area contributed by atoms with E-state index in [2.05, 4.69) is 0 Å². The zero-order valence-electron chi connectivity index (χ0n) is 5.96. The van der Waals surface area contributed by atoms with E-state index in [0.717, 1.165) is 5.69 Å². The summed E-state index contributed by atoms with van der Waals surface area (Å²) in [5.41, 5.74) is 6.18. The highest BCUT2D eigenvalue weighted by Gasteiger charge is 1.72. The van der Waals surface area contributed by atoms with Gasteiger partial charge in [-0.3, -0.25) is 0 Å². The Kier molecular flexibility index (Phi) is 4.60. The van der Waals surface area contributed by atoms with Gasteiger partial charge in [0.05, 0.1) is 0 Å². The lowest BCUT2D eigenvalue weighted by molar-refractivity contribution is 1.50. The molecule has 0 saturated carbocycles. The first kappa shape index (κ1) is 8.02. The van der Waals surface area contributed by atoms with Gasteiger partial charge in [-0.2, -0.15) is 0 Å². The summed E-state index contributed by atoms with van der Waals surface area (Å²) < 4.78 is 0. The third-order valence-corrected chi connectivity index (χ3v) is 0.800. The summed E-state index contributed by atoms with van der Waals surface area (Å²) in [5, 5.41) is 0. The second-order valence-electron chi connectivity index (χ2n) is 1.41. The predicted octanol–water partition coefficient (Wildman–Crippen LogP) is 2.29. The van der Waals surface area contributed by atoms with Crippen molar-refractivity contribution >= 4 is 5.69 Å². The molecule has 1 nitrogen and oxygen atoms in total. The van der Waals surface area contributed by atoms with Crippen LogP contribution >= 0.6 is 0 Å². The Morgan fingerprint density at radius 2 is 1.44 bits per heavy atom. The molecule has 0 fully saturated rings. The van der Waals surface area contributed by atoms with Crippen LogP contribution in [0.2, 0.25) is 0 Å². The van der Waals surface area contributed by atoms with E-state index in [1.165, 1.54) is 0 Å². The maximum absolute atomic E-state index is 5.36. The van der Waals surface area contributed by atoms with E-state index in [1.54, 1.807) is 0 Å². The standard InChI is InChI=1S/C6H7N.C2H6/c7-6-4-2-1-3-5-6;1-2/h1-5H,7H2;1-2H3. The molecule has 9 heavy (non-hydrogen) atoms. The van der Waals surface area contributed by atoms with Crippen molar-refractivity contribution in [3.8, 4) is 0 Å². The first-order chi connectivity index (χ1) is 4.39. The number of nitrogens with two attached hydrogens (primary N) is 1. The molecule has 1 heteroatoms. The molecular formula is C8H13N. The van der Waals surface area contributed by atoms with Crippen molar-refractivity contribution in [3.63, 3.8) is 0 Å². The van der Waals surface area contributed by atoms with Crippen LogP contribution in [-0.2, 0) is 0 Å².